The Morgan fingerprint density at radius 3 is 2.03 bits per heavy atom. The van der Waals surface area contributed by atoms with Gasteiger partial charge in [-0.3, -0.25) is 9.59 Å². The van der Waals surface area contributed by atoms with Crippen molar-refractivity contribution in [1.82, 2.24) is 5.32 Å². The summed E-state index contributed by atoms with van der Waals surface area (Å²) in [5.74, 6) is -1.81. The molecule has 0 saturated carbocycles. The lowest BCUT2D eigenvalue weighted by Gasteiger charge is -2.25. The van der Waals surface area contributed by atoms with Gasteiger partial charge in [0.25, 0.3) is 0 Å². The number of rotatable bonds is 20. The molecule has 1 heterocycles. The Bertz CT molecular complexity index is 469. The normalized spacial score (nSPS) is 17.2. The Kier molecular flexibility index (Phi) is 18.4. The molecule has 0 radical (unpaired) electrons. The van der Waals surface area contributed by atoms with Gasteiger partial charge in [-0.1, -0.05) is 84.0 Å². The zero-order valence-corrected chi connectivity index (χ0v) is 20.4. The summed E-state index contributed by atoms with van der Waals surface area (Å²) in [7, 11) is 0. The predicted octanol–water partition coefficient (Wildman–Crippen LogP) is 4.61. The molecule has 2 unspecified atom stereocenters. The minimum Gasteiger partial charge on any atom is -0.379 e. The molecule has 0 bridgehead atoms. The van der Waals surface area contributed by atoms with Crippen molar-refractivity contribution >= 4 is 11.8 Å². The third kappa shape index (κ3) is 16.5. The van der Waals surface area contributed by atoms with Crippen LogP contribution in [0.15, 0.2) is 0 Å². The standard InChI is InChI=1S/C25H48N2O5/c1-2-3-4-5-6-7-8-9-10-11-12-13-15-18-30-20-22(27-25(29)24(26)28)21-32-23-17-14-16-19-31-23/h22-23H,2-21H2,1H3,(H2,26,28)(H,27,29). The van der Waals surface area contributed by atoms with E-state index in [0.29, 0.717) is 19.8 Å². The highest BCUT2D eigenvalue weighted by atomic mass is 16.7. The Labute approximate surface area is 195 Å². The van der Waals surface area contributed by atoms with Gasteiger partial charge in [0.1, 0.15) is 0 Å². The molecule has 7 nitrogen and oxygen atoms in total. The maximum Gasteiger partial charge on any atom is 0.309 e. The summed E-state index contributed by atoms with van der Waals surface area (Å²) in [6.45, 7) is 4.13. The molecule has 1 aliphatic heterocycles. The van der Waals surface area contributed by atoms with Gasteiger partial charge >= 0.3 is 11.8 Å². The largest absolute Gasteiger partial charge is 0.379 e. The van der Waals surface area contributed by atoms with Crippen molar-refractivity contribution < 1.29 is 23.8 Å². The molecule has 7 heteroatoms. The van der Waals surface area contributed by atoms with Gasteiger partial charge in [-0.25, -0.2) is 0 Å². The summed E-state index contributed by atoms with van der Waals surface area (Å²) in [5, 5.41) is 2.59. The van der Waals surface area contributed by atoms with E-state index in [2.05, 4.69) is 12.2 Å². The first kappa shape index (κ1) is 28.9. The number of ether oxygens (including phenoxy) is 3. The van der Waals surface area contributed by atoms with Crippen molar-refractivity contribution in [3.8, 4) is 0 Å². The number of amides is 2. The number of hydrogen-bond donors (Lipinski definition) is 2. The van der Waals surface area contributed by atoms with E-state index in [1.807, 2.05) is 0 Å². The van der Waals surface area contributed by atoms with Crippen molar-refractivity contribution in [1.29, 1.82) is 0 Å². The van der Waals surface area contributed by atoms with Crippen LogP contribution in [-0.4, -0.2) is 50.6 Å². The van der Waals surface area contributed by atoms with Crippen LogP contribution in [0.4, 0.5) is 0 Å². The lowest BCUT2D eigenvalue weighted by molar-refractivity contribution is -0.169. The summed E-state index contributed by atoms with van der Waals surface area (Å²) in [6.07, 6.45) is 19.8. The number of hydrogen-bond acceptors (Lipinski definition) is 5. The van der Waals surface area contributed by atoms with E-state index in [-0.39, 0.29) is 12.9 Å². The quantitative estimate of drug-likeness (QED) is 0.206. The van der Waals surface area contributed by atoms with Crippen LogP contribution in [0.25, 0.3) is 0 Å². The van der Waals surface area contributed by atoms with E-state index in [0.717, 1.165) is 32.1 Å². The fraction of sp³-hybridized carbons (Fsp3) is 0.920. The van der Waals surface area contributed by atoms with Crippen LogP contribution in [0.3, 0.4) is 0 Å². The van der Waals surface area contributed by atoms with Crippen molar-refractivity contribution in [2.24, 2.45) is 5.73 Å². The first-order chi connectivity index (χ1) is 15.6. The maximum atomic E-state index is 11.6. The molecule has 1 saturated heterocycles. The molecule has 1 rings (SSSR count). The van der Waals surface area contributed by atoms with Crippen LogP contribution in [0.1, 0.15) is 110 Å². The molecule has 0 aliphatic carbocycles. The minimum absolute atomic E-state index is 0.238. The SMILES string of the molecule is CCCCCCCCCCCCCCCOCC(COC1CCCCO1)NC(=O)C(N)=O. The first-order valence-corrected chi connectivity index (χ1v) is 13.0. The molecular weight excluding hydrogens is 408 g/mol. The summed E-state index contributed by atoms with van der Waals surface area (Å²) >= 11 is 0. The molecule has 1 aliphatic rings. The van der Waals surface area contributed by atoms with Crippen LogP contribution in [0.2, 0.25) is 0 Å². The van der Waals surface area contributed by atoms with Gasteiger partial charge in [-0.2, -0.15) is 0 Å². The van der Waals surface area contributed by atoms with E-state index in [1.165, 1.54) is 70.6 Å². The van der Waals surface area contributed by atoms with Gasteiger partial charge in [0.2, 0.25) is 0 Å². The Balaban J connectivity index is 2.01. The zero-order valence-electron chi connectivity index (χ0n) is 20.4. The number of nitrogens with two attached hydrogens (primary N) is 1. The van der Waals surface area contributed by atoms with Gasteiger partial charge in [0.05, 0.1) is 19.3 Å². The Morgan fingerprint density at radius 1 is 0.906 bits per heavy atom. The number of nitrogens with one attached hydrogen (secondary N) is 1. The first-order valence-electron chi connectivity index (χ1n) is 13.0. The van der Waals surface area contributed by atoms with Crippen molar-refractivity contribution in [3.05, 3.63) is 0 Å². The number of unbranched alkanes of at least 4 members (excludes halogenated alkanes) is 12. The molecule has 188 valence electrons. The molecular formula is C25H48N2O5. The van der Waals surface area contributed by atoms with Gasteiger partial charge < -0.3 is 25.3 Å². The third-order valence-corrected chi connectivity index (χ3v) is 5.89. The molecule has 0 aromatic rings. The summed E-state index contributed by atoms with van der Waals surface area (Å²) in [5.41, 5.74) is 5.05. The Morgan fingerprint density at radius 2 is 1.50 bits per heavy atom. The van der Waals surface area contributed by atoms with Gasteiger partial charge in [-0.05, 0) is 25.7 Å². The number of primary amides is 1. The highest BCUT2D eigenvalue weighted by Crippen LogP contribution is 2.14. The molecule has 32 heavy (non-hydrogen) atoms. The van der Waals surface area contributed by atoms with E-state index in [1.54, 1.807) is 0 Å². The molecule has 1 fully saturated rings. The molecule has 0 spiro atoms. The maximum absolute atomic E-state index is 11.6. The fourth-order valence-corrected chi connectivity index (χ4v) is 3.90. The van der Waals surface area contributed by atoms with Crippen LogP contribution in [-0.2, 0) is 23.8 Å². The second kappa shape index (κ2) is 20.4. The summed E-state index contributed by atoms with van der Waals surface area (Å²) < 4.78 is 17.0. The topological polar surface area (TPSA) is 99.9 Å². The van der Waals surface area contributed by atoms with Crippen LogP contribution >= 0.6 is 0 Å². The summed E-state index contributed by atoms with van der Waals surface area (Å²) in [6, 6.07) is -0.414. The van der Waals surface area contributed by atoms with E-state index in [9.17, 15) is 9.59 Å². The van der Waals surface area contributed by atoms with E-state index in [4.69, 9.17) is 19.9 Å². The highest BCUT2D eigenvalue weighted by molar-refractivity contribution is 6.34. The molecule has 3 N–H and O–H groups in total. The average molecular weight is 457 g/mol. The lowest BCUT2D eigenvalue weighted by Crippen LogP contribution is -2.47. The van der Waals surface area contributed by atoms with Crippen molar-refractivity contribution in [2.45, 2.75) is 122 Å². The fourth-order valence-electron chi connectivity index (χ4n) is 3.90. The third-order valence-electron chi connectivity index (χ3n) is 5.89. The number of carbonyl (C=O) groups is 2. The van der Waals surface area contributed by atoms with Gasteiger partial charge in [-0.15, -0.1) is 0 Å². The molecule has 0 aromatic carbocycles. The van der Waals surface area contributed by atoms with Gasteiger partial charge in [0.15, 0.2) is 6.29 Å². The van der Waals surface area contributed by atoms with Crippen molar-refractivity contribution in [3.63, 3.8) is 0 Å². The second-order valence-electron chi connectivity index (χ2n) is 8.98. The number of carbonyl (C=O) groups excluding carboxylic acids is 2. The average Bonchev–Trinajstić information content (AvgIpc) is 2.80. The Hall–Kier alpha value is -1.18. The predicted molar refractivity (Wildman–Crippen MR) is 127 cm³/mol. The highest BCUT2D eigenvalue weighted by Gasteiger charge is 2.20. The second-order valence-corrected chi connectivity index (χ2v) is 8.98. The van der Waals surface area contributed by atoms with Crippen molar-refractivity contribution in [2.75, 3.05) is 26.4 Å². The van der Waals surface area contributed by atoms with E-state index < -0.39 is 17.9 Å². The van der Waals surface area contributed by atoms with Gasteiger partial charge in [0, 0.05) is 13.2 Å². The van der Waals surface area contributed by atoms with Crippen LogP contribution in [0.5, 0.6) is 0 Å². The minimum atomic E-state index is -1.000. The van der Waals surface area contributed by atoms with Crippen LogP contribution in [0, 0.1) is 0 Å². The summed E-state index contributed by atoms with van der Waals surface area (Å²) in [4.78, 5) is 22.7. The van der Waals surface area contributed by atoms with Crippen LogP contribution < -0.4 is 11.1 Å². The molecule has 2 amide bonds. The molecule has 2 atom stereocenters. The van der Waals surface area contributed by atoms with E-state index >= 15 is 0 Å². The lowest BCUT2D eigenvalue weighted by atomic mass is 10.0. The molecule has 0 aromatic heterocycles. The monoisotopic (exact) mass is 456 g/mol. The smallest absolute Gasteiger partial charge is 0.309 e. The zero-order chi connectivity index (χ0) is 23.3.